The van der Waals surface area contributed by atoms with Gasteiger partial charge >= 0.3 is 0 Å². The average Bonchev–Trinajstić information content (AvgIpc) is 3.00. The highest BCUT2D eigenvalue weighted by Gasteiger charge is 2.43. The third-order valence-electron chi connectivity index (χ3n) is 4.52. The molecular weight excluding hydrogens is 186 g/mol. The van der Waals surface area contributed by atoms with Crippen molar-refractivity contribution >= 4 is 0 Å². The number of nitrogens with two attached hydrogens (primary N) is 1. The second-order valence-corrected chi connectivity index (χ2v) is 5.63. The van der Waals surface area contributed by atoms with Crippen molar-refractivity contribution in [2.24, 2.45) is 17.6 Å². The molecule has 2 atom stereocenters. The van der Waals surface area contributed by atoms with Gasteiger partial charge in [-0.1, -0.05) is 6.92 Å². The monoisotopic (exact) mass is 209 g/mol. The molecule has 15 heavy (non-hydrogen) atoms. The first-order valence-corrected chi connectivity index (χ1v) is 6.50. The summed E-state index contributed by atoms with van der Waals surface area (Å²) in [5, 5.41) is 0. The van der Waals surface area contributed by atoms with E-state index in [9.17, 15) is 0 Å². The van der Waals surface area contributed by atoms with Gasteiger partial charge in [0.15, 0.2) is 0 Å². The van der Waals surface area contributed by atoms with E-state index in [1.807, 2.05) is 0 Å². The maximum absolute atomic E-state index is 6.33. The molecule has 0 aromatic carbocycles. The highest BCUT2D eigenvalue weighted by atomic mass is 15.2. The molecule has 0 amide bonds. The number of piperidine rings is 2. The van der Waals surface area contributed by atoms with E-state index in [0.717, 1.165) is 17.9 Å². The van der Waals surface area contributed by atoms with Crippen LogP contribution < -0.4 is 5.73 Å². The molecule has 2 N–H and O–H groups in total. The summed E-state index contributed by atoms with van der Waals surface area (Å²) in [6.45, 7) is 8.46. The van der Waals surface area contributed by atoms with Crippen LogP contribution in [0, 0.1) is 11.8 Å². The SMILES string of the molecule is CCN1CC2CN(C3CC3)CC(C1)C2N. The van der Waals surface area contributed by atoms with Gasteiger partial charge in [-0.25, -0.2) is 0 Å². The second-order valence-electron chi connectivity index (χ2n) is 5.63. The van der Waals surface area contributed by atoms with Gasteiger partial charge < -0.3 is 10.6 Å². The molecule has 0 aromatic rings. The number of nitrogens with zero attached hydrogens (tertiary/aromatic N) is 2. The Labute approximate surface area is 92.6 Å². The Bertz CT molecular complexity index is 223. The van der Waals surface area contributed by atoms with Gasteiger partial charge in [0.2, 0.25) is 0 Å². The molecule has 0 spiro atoms. The molecule has 0 radical (unpaired) electrons. The molecule has 3 heteroatoms. The van der Waals surface area contributed by atoms with E-state index in [2.05, 4.69) is 16.7 Å². The summed E-state index contributed by atoms with van der Waals surface area (Å²) in [6.07, 6.45) is 2.87. The Hall–Kier alpha value is -0.120. The van der Waals surface area contributed by atoms with Crippen molar-refractivity contribution in [3.05, 3.63) is 0 Å². The van der Waals surface area contributed by atoms with E-state index in [0.29, 0.717) is 6.04 Å². The standard InChI is InChI=1S/C12H23N3/c1-2-14-5-9-7-15(11-3-4-11)8-10(6-14)12(9)13/h9-12H,2-8,13H2,1H3. The minimum atomic E-state index is 0.475. The van der Waals surface area contributed by atoms with Crippen LogP contribution in [-0.4, -0.2) is 54.6 Å². The lowest BCUT2D eigenvalue weighted by molar-refractivity contribution is 0.0117. The first kappa shape index (κ1) is 10.1. The summed E-state index contributed by atoms with van der Waals surface area (Å²) < 4.78 is 0. The van der Waals surface area contributed by atoms with Crippen LogP contribution in [0.2, 0.25) is 0 Å². The molecule has 3 rings (SSSR count). The van der Waals surface area contributed by atoms with Crippen LogP contribution in [0.3, 0.4) is 0 Å². The topological polar surface area (TPSA) is 32.5 Å². The van der Waals surface area contributed by atoms with Crippen molar-refractivity contribution in [2.75, 3.05) is 32.7 Å². The van der Waals surface area contributed by atoms with Crippen LogP contribution in [0.4, 0.5) is 0 Å². The van der Waals surface area contributed by atoms with Gasteiger partial charge in [0.1, 0.15) is 0 Å². The number of rotatable bonds is 2. The van der Waals surface area contributed by atoms with Crippen molar-refractivity contribution in [3.63, 3.8) is 0 Å². The zero-order chi connectivity index (χ0) is 10.4. The molecule has 3 nitrogen and oxygen atoms in total. The van der Waals surface area contributed by atoms with Gasteiger partial charge in [-0.05, 0) is 31.2 Å². The summed E-state index contributed by atoms with van der Waals surface area (Å²) in [4.78, 5) is 5.30. The maximum Gasteiger partial charge on any atom is 0.0145 e. The zero-order valence-electron chi connectivity index (χ0n) is 9.73. The molecule has 1 saturated carbocycles. The van der Waals surface area contributed by atoms with Crippen LogP contribution in [0.5, 0.6) is 0 Å². The van der Waals surface area contributed by atoms with Gasteiger partial charge in [-0.3, -0.25) is 4.90 Å². The molecule has 1 aliphatic carbocycles. The molecule has 2 saturated heterocycles. The Morgan fingerprint density at radius 2 is 1.67 bits per heavy atom. The molecule has 2 aliphatic heterocycles. The third kappa shape index (κ3) is 1.81. The van der Waals surface area contributed by atoms with Crippen LogP contribution in [0.15, 0.2) is 0 Å². The Balaban J connectivity index is 1.69. The first-order valence-electron chi connectivity index (χ1n) is 6.50. The van der Waals surface area contributed by atoms with Gasteiger partial charge in [0.05, 0.1) is 0 Å². The maximum atomic E-state index is 6.33. The van der Waals surface area contributed by atoms with Gasteiger partial charge in [0, 0.05) is 38.3 Å². The normalized spacial score (nSPS) is 43.2. The summed E-state index contributed by atoms with van der Waals surface area (Å²) in [7, 11) is 0. The van der Waals surface area contributed by atoms with Crippen LogP contribution in [0.1, 0.15) is 19.8 Å². The quantitative estimate of drug-likeness (QED) is 0.713. The Kier molecular flexibility index (Phi) is 2.49. The van der Waals surface area contributed by atoms with Crippen LogP contribution in [0.25, 0.3) is 0 Å². The van der Waals surface area contributed by atoms with Crippen molar-refractivity contribution in [2.45, 2.75) is 31.8 Å². The molecule has 0 aromatic heterocycles. The lowest BCUT2D eigenvalue weighted by Crippen LogP contribution is -2.63. The minimum Gasteiger partial charge on any atom is -0.327 e. The molecule has 2 bridgehead atoms. The van der Waals surface area contributed by atoms with E-state index in [-0.39, 0.29) is 0 Å². The summed E-state index contributed by atoms with van der Waals surface area (Å²) in [5.74, 6) is 1.47. The highest BCUT2D eigenvalue weighted by Crippen LogP contribution is 2.35. The summed E-state index contributed by atoms with van der Waals surface area (Å²) >= 11 is 0. The minimum absolute atomic E-state index is 0.475. The fraction of sp³-hybridized carbons (Fsp3) is 1.00. The number of fused-ring (bicyclic) bond motifs is 2. The number of hydrogen-bond donors (Lipinski definition) is 1. The van der Waals surface area contributed by atoms with Crippen LogP contribution in [-0.2, 0) is 0 Å². The fourth-order valence-electron chi connectivity index (χ4n) is 3.40. The Morgan fingerprint density at radius 1 is 1.07 bits per heavy atom. The largest absolute Gasteiger partial charge is 0.327 e. The van der Waals surface area contributed by atoms with E-state index < -0.39 is 0 Å². The van der Waals surface area contributed by atoms with Crippen molar-refractivity contribution in [1.82, 2.24) is 9.80 Å². The summed E-state index contributed by atoms with van der Waals surface area (Å²) in [6, 6.07) is 1.40. The lowest BCUT2D eigenvalue weighted by atomic mass is 9.80. The average molecular weight is 209 g/mol. The molecule has 3 fully saturated rings. The van der Waals surface area contributed by atoms with E-state index >= 15 is 0 Å². The summed E-state index contributed by atoms with van der Waals surface area (Å²) in [5.41, 5.74) is 6.33. The Morgan fingerprint density at radius 3 is 2.13 bits per heavy atom. The van der Waals surface area contributed by atoms with E-state index in [1.165, 1.54) is 45.6 Å². The van der Waals surface area contributed by atoms with Gasteiger partial charge in [-0.15, -0.1) is 0 Å². The fourth-order valence-corrected chi connectivity index (χ4v) is 3.40. The second kappa shape index (κ2) is 3.72. The van der Waals surface area contributed by atoms with Crippen molar-refractivity contribution in [3.8, 4) is 0 Å². The number of hydrogen-bond acceptors (Lipinski definition) is 3. The van der Waals surface area contributed by atoms with Gasteiger partial charge in [-0.2, -0.15) is 0 Å². The van der Waals surface area contributed by atoms with Crippen LogP contribution >= 0.6 is 0 Å². The predicted molar refractivity (Wildman–Crippen MR) is 61.7 cm³/mol. The number of likely N-dealkylation sites (tertiary alicyclic amines) is 2. The third-order valence-corrected chi connectivity index (χ3v) is 4.52. The molecular formula is C12H23N3. The smallest absolute Gasteiger partial charge is 0.0145 e. The first-order chi connectivity index (χ1) is 7.28. The molecule has 86 valence electrons. The predicted octanol–water partition coefficient (Wildman–Crippen LogP) is 0.360. The molecule has 2 unspecified atom stereocenters. The molecule has 2 heterocycles. The van der Waals surface area contributed by atoms with Gasteiger partial charge in [0.25, 0.3) is 0 Å². The highest BCUT2D eigenvalue weighted by molar-refractivity contribution is 4.99. The zero-order valence-corrected chi connectivity index (χ0v) is 9.73. The molecule has 3 aliphatic rings. The van der Waals surface area contributed by atoms with E-state index in [1.54, 1.807) is 0 Å². The van der Waals surface area contributed by atoms with E-state index in [4.69, 9.17) is 5.73 Å². The van der Waals surface area contributed by atoms with Crippen molar-refractivity contribution < 1.29 is 0 Å². The lowest BCUT2D eigenvalue weighted by Gasteiger charge is -2.49. The van der Waals surface area contributed by atoms with Crippen molar-refractivity contribution in [1.29, 1.82) is 0 Å².